The van der Waals surface area contributed by atoms with Crippen molar-refractivity contribution in [3.05, 3.63) is 71.3 Å². The van der Waals surface area contributed by atoms with Gasteiger partial charge in [0.15, 0.2) is 0 Å². The van der Waals surface area contributed by atoms with Gasteiger partial charge in [0.05, 0.1) is 5.92 Å². The fraction of sp³-hybridized carbons (Fsp3) is 0.318. The third kappa shape index (κ3) is 3.57. The fourth-order valence-corrected chi connectivity index (χ4v) is 4.90. The highest BCUT2D eigenvalue weighted by Gasteiger charge is 2.24. The molecular formula is C22H23NO2S. The van der Waals surface area contributed by atoms with E-state index in [4.69, 9.17) is 0 Å². The number of piperidine rings is 1. The number of thioether (sulfide) groups is 1. The number of benzene rings is 2. The van der Waals surface area contributed by atoms with E-state index in [0.717, 1.165) is 38.2 Å². The van der Waals surface area contributed by atoms with E-state index >= 15 is 0 Å². The van der Waals surface area contributed by atoms with Crippen LogP contribution >= 0.6 is 11.8 Å². The first kappa shape index (κ1) is 17.4. The number of carboxylic acids is 1. The highest BCUT2D eigenvalue weighted by atomic mass is 32.2. The first-order valence-electron chi connectivity index (χ1n) is 9.18. The molecule has 0 radical (unpaired) electrons. The van der Waals surface area contributed by atoms with Gasteiger partial charge in [-0.1, -0.05) is 48.5 Å². The van der Waals surface area contributed by atoms with Crippen molar-refractivity contribution in [1.29, 1.82) is 0 Å². The first-order chi connectivity index (χ1) is 12.7. The molecule has 26 heavy (non-hydrogen) atoms. The van der Waals surface area contributed by atoms with Gasteiger partial charge in [-0.25, -0.2) is 0 Å². The van der Waals surface area contributed by atoms with Gasteiger partial charge in [0.25, 0.3) is 0 Å². The van der Waals surface area contributed by atoms with Crippen LogP contribution < -0.4 is 0 Å². The van der Waals surface area contributed by atoms with Gasteiger partial charge in [0.2, 0.25) is 0 Å². The molecule has 4 rings (SSSR count). The Morgan fingerprint density at radius 2 is 1.77 bits per heavy atom. The zero-order valence-electron chi connectivity index (χ0n) is 14.7. The average Bonchev–Trinajstić information content (AvgIpc) is 2.84. The van der Waals surface area contributed by atoms with Crippen molar-refractivity contribution < 1.29 is 9.90 Å². The van der Waals surface area contributed by atoms with Gasteiger partial charge in [0, 0.05) is 17.2 Å². The lowest BCUT2D eigenvalue weighted by Crippen LogP contribution is -2.36. The largest absolute Gasteiger partial charge is 0.481 e. The summed E-state index contributed by atoms with van der Waals surface area (Å²) in [6.07, 6.45) is 3.84. The number of hydrogen-bond acceptors (Lipinski definition) is 3. The second-order valence-electron chi connectivity index (χ2n) is 6.97. The maximum Gasteiger partial charge on any atom is 0.306 e. The molecule has 1 N–H and O–H groups in total. The third-order valence-electron chi connectivity index (χ3n) is 5.36. The number of likely N-dealkylation sites (tertiary alicyclic amines) is 1. The highest BCUT2D eigenvalue weighted by molar-refractivity contribution is 7.98. The molecule has 2 aromatic rings. The summed E-state index contributed by atoms with van der Waals surface area (Å²) < 4.78 is 0. The standard InChI is InChI=1S/C22H23NO2S/c24-22(25)16-9-12-23(13-10-16)14-11-19-18-6-2-1-5-17(18)15-26-21-8-4-3-7-20(19)21/h1-8,11,16H,9-10,12-15H2,(H,24,25). The topological polar surface area (TPSA) is 40.5 Å². The number of nitrogens with zero attached hydrogens (tertiary/aromatic N) is 1. The van der Waals surface area contributed by atoms with Crippen LogP contribution in [-0.4, -0.2) is 35.6 Å². The molecule has 0 saturated carbocycles. The van der Waals surface area contributed by atoms with Gasteiger partial charge in [-0.15, -0.1) is 11.8 Å². The number of rotatable bonds is 3. The predicted molar refractivity (Wildman–Crippen MR) is 106 cm³/mol. The molecular weight excluding hydrogens is 342 g/mol. The normalized spacial score (nSPS) is 19.6. The Bertz CT molecular complexity index is 788. The maximum atomic E-state index is 11.1. The zero-order chi connectivity index (χ0) is 17.9. The van der Waals surface area contributed by atoms with Gasteiger partial charge in [0.1, 0.15) is 0 Å². The van der Waals surface area contributed by atoms with Gasteiger partial charge in [-0.05, 0) is 54.3 Å². The van der Waals surface area contributed by atoms with Crippen LogP contribution in [0.2, 0.25) is 0 Å². The van der Waals surface area contributed by atoms with Crippen LogP contribution in [0.3, 0.4) is 0 Å². The number of carboxylic acid groups (broad SMARTS) is 1. The quantitative estimate of drug-likeness (QED) is 0.868. The van der Waals surface area contributed by atoms with Crippen LogP contribution in [0.5, 0.6) is 0 Å². The van der Waals surface area contributed by atoms with Crippen molar-refractivity contribution in [2.45, 2.75) is 23.5 Å². The Balaban J connectivity index is 1.61. The number of hydrogen-bond donors (Lipinski definition) is 1. The molecule has 3 nitrogen and oxygen atoms in total. The maximum absolute atomic E-state index is 11.1. The molecule has 2 aromatic carbocycles. The second kappa shape index (κ2) is 7.68. The van der Waals surface area contributed by atoms with Gasteiger partial charge >= 0.3 is 5.97 Å². The summed E-state index contributed by atoms with van der Waals surface area (Å²) in [4.78, 5) is 14.8. The molecule has 0 aromatic heterocycles. The molecule has 1 saturated heterocycles. The molecule has 0 bridgehead atoms. The van der Waals surface area contributed by atoms with Crippen LogP contribution in [-0.2, 0) is 10.5 Å². The fourth-order valence-electron chi connectivity index (χ4n) is 3.83. The van der Waals surface area contributed by atoms with Gasteiger partial charge < -0.3 is 5.11 Å². The molecule has 2 aliphatic rings. The van der Waals surface area contributed by atoms with Gasteiger partial charge in [-0.3, -0.25) is 9.69 Å². The molecule has 0 unspecified atom stereocenters. The van der Waals surface area contributed by atoms with E-state index < -0.39 is 5.97 Å². The molecule has 2 aliphatic heterocycles. The van der Waals surface area contributed by atoms with E-state index in [1.165, 1.54) is 27.2 Å². The monoisotopic (exact) mass is 365 g/mol. The minimum Gasteiger partial charge on any atom is -0.481 e. The van der Waals surface area contributed by atoms with E-state index in [0.29, 0.717) is 0 Å². The Morgan fingerprint density at radius 3 is 2.54 bits per heavy atom. The van der Waals surface area contributed by atoms with Crippen LogP contribution in [0.1, 0.15) is 29.5 Å². The van der Waals surface area contributed by atoms with Crippen LogP contribution in [0.15, 0.2) is 59.5 Å². The summed E-state index contributed by atoms with van der Waals surface area (Å²) in [7, 11) is 0. The lowest BCUT2D eigenvalue weighted by Gasteiger charge is -2.29. The number of aliphatic carboxylic acids is 1. The second-order valence-corrected chi connectivity index (χ2v) is 7.99. The Morgan fingerprint density at radius 1 is 1.08 bits per heavy atom. The average molecular weight is 365 g/mol. The minimum atomic E-state index is -0.647. The zero-order valence-corrected chi connectivity index (χ0v) is 15.5. The van der Waals surface area contributed by atoms with E-state index in [9.17, 15) is 9.90 Å². The summed E-state index contributed by atoms with van der Waals surface area (Å²) in [6, 6.07) is 17.3. The molecule has 1 fully saturated rings. The Hall–Kier alpha value is -2.04. The lowest BCUT2D eigenvalue weighted by atomic mass is 9.93. The summed E-state index contributed by atoms with van der Waals surface area (Å²) in [5.74, 6) is 0.176. The lowest BCUT2D eigenvalue weighted by molar-refractivity contribution is -0.143. The molecule has 134 valence electrons. The van der Waals surface area contributed by atoms with Crippen molar-refractivity contribution in [3.63, 3.8) is 0 Å². The van der Waals surface area contributed by atoms with Gasteiger partial charge in [-0.2, -0.15) is 0 Å². The highest BCUT2D eigenvalue weighted by Crippen LogP contribution is 2.39. The smallest absolute Gasteiger partial charge is 0.306 e. The van der Waals surface area contributed by atoms with Crippen molar-refractivity contribution in [2.75, 3.05) is 19.6 Å². The molecule has 4 heteroatoms. The summed E-state index contributed by atoms with van der Waals surface area (Å²) in [6.45, 7) is 2.59. The van der Waals surface area contributed by atoms with Crippen LogP contribution in [0.25, 0.3) is 5.57 Å². The van der Waals surface area contributed by atoms with E-state index in [2.05, 4.69) is 59.5 Å². The van der Waals surface area contributed by atoms with Crippen LogP contribution in [0, 0.1) is 5.92 Å². The van der Waals surface area contributed by atoms with E-state index in [-0.39, 0.29) is 5.92 Å². The van der Waals surface area contributed by atoms with Crippen molar-refractivity contribution in [3.8, 4) is 0 Å². The summed E-state index contributed by atoms with van der Waals surface area (Å²) >= 11 is 1.90. The van der Waals surface area contributed by atoms with E-state index in [1.807, 2.05) is 11.8 Å². The number of carbonyl (C=O) groups is 1. The summed E-state index contributed by atoms with van der Waals surface area (Å²) in [5, 5.41) is 9.18. The van der Waals surface area contributed by atoms with E-state index in [1.54, 1.807) is 0 Å². The van der Waals surface area contributed by atoms with Crippen molar-refractivity contribution in [1.82, 2.24) is 4.90 Å². The molecule has 0 atom stereocenters. The van der Waals surface area contributed by atoms with Crippen molar-refractivity contribution in [2.24, 2.45) is 5.92 Å². The summed E-state index contributed by atoms with van der Waals surface area (Å²) in [5.41, 5.74) is 5.32. The molecule has 0 amide bonds. The molecule has 0 spiro atoms. The number of fused-ring (bicyclic) bond motifs is 2. The SMILES string of the molecule is O=C(O)C1CCN(CC=C2c3ccccc3CSc3ccccc32)CC1. The molecule has 0 aliphatic carbocycles. The Labute approximate surface area is 158 Å². The minimum absolute atomic E-state index is 0.172. The third-order valence-corrected chi connectivity index (χ3v) is 6.48. The van der Waals surface area contributed by atoms with Crippen molar-refractivity contribution >= 4 is 23.3 Å². The van der Waals surface area contributed by atoms with Crippen LogP contribution in [0.4, 0.5) is 0 Å². The molecule has 2 heterocycles. The first-order valence-corrected chi connectivity index (χ1v) is 10.2. The Kier molecular flexibility index (Phi) is 5.14. The predicted octanol–water partition coefficient (Wildman–Crippen LogP) is 4.52.